The number of hydrogen-bond donors (Lipinski definition) is 0. The van der Waals surface area contributed by atoms with Crippen LogP contribution in [0.25, 0.3) is 0 Å². The van der Waals surface area contributed by atoms with Gasteiger partial charge in [0.05, 0.1) is 11.8 Å². The van der Waals surface area contributed by atoms with Crippen molar-refractivity contribution in [2.45, 2.75) is 25.9 Å². The molecule has 64 valence electrons. The molecule has 3 heteroatoms. The van der Waals surface area contributed by atoms with E-state index < -0.39 is 0 Å². The van der Waals surface area contributed by atoms with Crippen LogP contribution in [0, 0.1) is 12.7 Å². The highest BCUT2D eigenvalue weighted by molar-refractivity contribution is 5.25. The highest BCUT2D eigenvalue weighted by Crippen LogP contribution is 2.28. The van der Waals surface area contributed by atoms with Crippen LogP contribution >= 0.6 is 0 Å². The second-order valence-corrected chi connectivity index (χ2v) is 3.03. The summed E-state index contributed by atoms with van der Waals surface area (Å²) < 4.78 is 18.5. The summed E-state index contributed by atoms with van der Waals surface area (Å²) >= 11 is 0. The Balaban J connectivity index is 2.23. The topological polar surface area (TPSA) is 22.1 Å². The number of aryl methyl sites for hydroxylation is 1. The van der Waals surface area contributed by atoms with E-state index in [0.29, 0.717) is 11.4 Å². The average Bonchev–Trinajstić information content (AvgIpc) is 2.83. The molecule has 0 bridgehead atoms. The second kappa shape index (κ2) is 2.73. The van der Waals surface area contributed by atoms with Crippen LogP contribution in [0.2, 0.25) is 0 Å². The summed E-state index contributed by atoms with van der Waals surface area (Å²) in [5, 5.41) is 0. The number of nitrogens with zero attached hydrogens (tertiary/aromatic N) is 1. The van der Waals surface area contributed by atoms with Gasteiger partial charge in [0.25, 0.3) is 0 Å². The smallest absolute Gasteiger partial charge is 0.186 e. The molecule has 2 rings (SSSR count). The molecule has 0 aliphatic heterocycles. The Morgan fingerprint density at radius 3 is 3.00 bits per heavy atom. The van der Waals surface area contributed by atoms with Gasteiger partial charge in [0.15, 0.2) is 11.6 Å². The lowest BCUT2D eigenvalue weighted by Gasteiger charge is -2.05. The first-order chi connectivity index (χ1) is 5.77. The van der Waals surface area contributed by atoms with Gasteiger partial charge in [-0.25, -0.2) is 4.39 Å². The third-order valence-corrected chi connectivity index (χ3v) is 1.85. The van der Waals surface area contributed by atoms with E-state index in [1.165, 1.54) is 0 Å². The normalized spacial score (nSPS) is 16.2. The van der Waals surface area contributed by atoms with Crippen molar-refractivity contribution in [3.8, 4) is 5.75 Å². The average molecular weight is 167 g/mol. The van der Waals surface area contributed by atoms with Gasteiger partial charge in [-0.3, -0.25) is 4.98 Å². The van der Waals surface area contributed by atoms with E-state index in [-0.39, 0.29) is 11.9 Å². The number of pyridine rings is 1. The summed E-state index contributed by atoms with van der Waals surface area (Å²) in [6.07, 6.45) is 3.89. The van der Waals surface area contributed by atoms with Crippen LogP contribution < -0.4 is 4.74 Å². The largest absolute Gasteiger partial charge is 0.487 e. The molecule has 0 radical (unpaired) electrons. The molecular weight excluding hydrogens is 157 g/mol. The van der Waals surface area contributed by atoms with Crippen molar-refractivity contribution in [2.75, 3.05) is 0 Å². The SMILES string of the molecule is Cc1nccc(OC2CC2)c1F. The highest BCUT2D eigenvalue weighted by Gasteiger charge is 2.24. The maximum Gasteiger partial charge on any atom is 0.186 e. The van der Waals surface area contributed by atoms with E-state index in [1.807, 2.05) is 0 Å². The highest BCUT2D eigenvalue weighted by atomic mass is 19.1. The Bertz CT molecular complexity index is 297. The maximum absolute atomic E-state index is 13.2. The Morgan fingerprint density at radius 1 is 1.58 bits per heavy atom. The third-order valence-electron chi connectivity index (χ3n) is 1.85. The first-order valence-corrected chi connectivity index (χ1v) is 4.05. The molecule has 1 aliphatic carbocycles. The third kappa shape index (κ3) is 1.40. The van der Waals surface area contributed by atoms with E-state index in [2.05, 4.69) is 4.98 Å². The predicted molar refractivity (Wildman–Crippen MR) is 42.6 cm³/mol. The van der Waals surface area contributed by atoms with Crippen LogP contribution in [-0.4, -0.2) is 11.1 Å². The summed E-state index contributed by atoms with van der Waals surface area (Å²) in [4.78, 5) is 3.81. The van der Waals surface area contributed by atoms with Crippen molar-refractivity contribution in [2.24, 2.45) is 0 Å². The molecule has 12 heavy (non-hydrogen) atoms. The number of hydrogen-bond acceptors (Lipinski definition) is 2. The quantitative estimate of drug-likeness (QED) is 0.672. The van der Waals surface area contributed by atoms with Crippen LogP contribution in [0.1, 0.15) is 18.5 Å². The molecule has 1 heterocycles. The molecule has 0 amide bonds. The van der Waals surface area contributed by atoms with Crippen LogP contribution in [-0.2, 0) is 0 Å². The number of halogens is 1. The molecule has 1 aliphatic rings. The van der Waals surface area contributed by atoms with Crippen molar-refractivity contribution < 1.29 is 9.13 Å². The van der Waals surface area contributed by atoms with Gasteiger partial charge in [0.1, 0.15) is 0 Å². The molecule has 1 aromatic rings. The second-order valence-electron chi connectivity index (χ2n) is 3.03. The van der Waals surface area contributed by atoms with Gasteiger partial charge in [0, 0.05) is 12.3 Å². The lowest BCUT2D eigenvalue weighted by Crippen LogP contribution is -2.00. The monoisotopic (exact) mass is 167 g/mol. The van der Waals surface area contributed by atoms with Crippen LogP contribution in [0.3, 0.4) is 0 Å². The van der Waals surface area contributed by atoms with Gasteiger partial charge < -0.3 is 4.74 Å². The van der Waals surface area contributed by atoms with Crippen molar-refractivity contribution in [1.29, 1.82) is 0 Å². The molecule has 0 saturated heterocycles. The van der Waals surface area contributed by atoms with Crippen molar-refractivity contribution >= 4 is 0 Å². The zero-order chi connectivity index (χ0) is 8.55. The fourth-order valence-corrected chi connectivity index (χ4v) is 0.981. The summed E-state index contributed by atoms with van der Waals surface area (Å²) in [5.74, 6) is 0.00870. The molecule has 0 N–H and O–H groups in total. The van der Waals surface area contributed by atoms with E-state index in [9.17, 15) is 4.39 Å². The van der Waals surface area contributed by atoms with Gasteiger partial charge >= 0.3 is 0 Å². The summed E-state index contributed by atoms with van der Waals surface area (Å²) in [5.41, 5.74) is 0.396. The molecule has 0 aromatic carbocycles. The van der Waals surface area contributed by atoms with Gasteiger partial charge in [-0.15, -0.1) is 0 Å². The molecule has 2 nitrogen and oxygen atoms in total. The molecule has 0 unspecified atom stereocenters. The fourth-order valence-electron chi connectivity index (χ4n) is 0.981. The van der Waals surface area contributed by atoms with Gasteiger partial charge in [-0.2, -0.15) is 0 Å². The Morgan fingerprint density at radius 2 is 2.33 bits per heavy atom. The summed E-state index contributed by atoms with van der Waals surface area (Å²) in [7, 11) is 0. The minimum absolute atomic E-state index is 0.237. The maximum atomic E-state index is 13.2. The van der Waals surface area contributed by atoms with Crippen LogP contribution in [0.5, 0.6) is 5.75 Å². The van der Waals surface area contributed by atoms with Crippen molar-refractivity contribution in [3.63, 3.8) is 0 Å². The minimum atomic E-state index is -0.329. The zero-order valence-electron chi connectivity index (χ0n) is 6.88. The van der Waals surface area contributed by atoms with Crippen LogP contribution in [0.15, 0.2) is 12.3 Å². The fraction of sp³-hybridized carbons (Fsp3) is 0.444. The number of rotatable bonds is 2. The Labute approximate surface area is 70.4 Å². The molecule has 1 fully saturated rings. The van der Waals surface area contributed by atoms with Crippen LogP contribution in [0.4, 0.5) is 4.39 Å². The van der Waals surface area contributed by atoms with E-state index in [0.717, 1.165) is 12.8 Å². The summed E-state index contributed by atoms with van der Waals surface area (Å²) in [6, 6.07) is 1.57. The van der Waals surface area contributed by atoms with E-state index >= 15 is 0 Å². The summed E-state index contributed by atoms with van der Waals surface area (Å²) in [6.45, 7) is 1.63. The lowest BCUT2D eigenvalue weighted by atomic mass is 10.3. The number of ether oxygens (including phenoxy) is 1. The lowest BCUT2D eigenvalue weighted by molar-refractivity contribution is 0.286. The van der Waals surface area contributed by atoms with E-state index in [4.69, 9.17) is 4.74 Å². The number of aromatic nitrogens is 1. The van der Waals surface area contributed by atoms with Crippen molar-refractivity contribution in [3.05, 3.63) is 23.8 Å². The zero-order valence-corrected chi connectivity index (χ0v) is 6.88. The van der Waals surface area contributed by atoms with Gasteiger partial charge in [-0.05, 0) is 19.8 Å². The molecule has 1 saturated carbocycles. The molecule has 1 aromatic heterocycles. The van der Waals surface area contributed by atoms with Gasteiger partial charge in [0.2, 0.25) is 0 Å². The Kier molecular flexibility index (Phi) is 1.71. The molecular formula is C9H10FNO. The first-order valence-electron chi connectivity index (χ1n) is 4.05. The minimum Gasteiger partial charge on any atom is -0.487 e. The first kappa shape index (κ1) is 7.53. The standard InChI is InChI=1S/C9H10FNO/c1-6-9(10)8(4-5-11-6)12-7-2-3-7/h4-5,7H,2-3H2,1H3. The molecule has 0 spiro atoms. The van der Waals surface area contributed by atoms with Gasteiger partial charge in [-0.1, -0.05) is 0 Å². The van der Waals surface area contributed by atoms with Crippen molar-refractivity contribution in [1.82, 2.24) is 4.98 Å². The van der Waals surface area contributed by atoms with E-state index in [1.54, 1.807) is 19.2 Å². The molecule has 0 atom stereocenters. The predicted octanol–water partition coefficient (Wildman–Crippen LogP) is 2.07. The Hall–Kier alpha value is -1.12.